The van der Waals surface area contributed by atoms with Gasteiger partial charge in [-0.1, -0.05) is 279 Å². The van der Waals surface area contributed by atoms with Crippen molar-refractivity contribution in [1.82, 2.24) is 0 Å². The molecule has 0 aliphatic rings. The normalized spacial score (nSPS) is 15.0. The van der Waals surface area contributed by atoms with E-state index in [1.54, 1.807) is 0 Å². The number of esters is 4. The highest BCUT2D eigenvalue weighted by Crippen LogP contribution is 2.45. The molecule has 0 aliphatic heterocycles. The van der Waals surface area contributed by atoms with Crippen LogP contribution >= 0.6 is 15.6 Å². The largest absolute Gasteiger partial charge is 0.472 e. The molecule has 0 heterocycles. The van der Waals surface area contributed by atoms with Gasteiger partial charge in [-0.2, -0.15) is 0 Å². The van der Waals surface area contributed by atoms with Gasteiger partial charge in [-0.05, 0) is 173 Å². The van der Waals surface area contributed by atoms with Gasteiger partial charge < -0.3 is 33.8 Å². The molecule has 0 fully saturated rings. The smallest absolute Gasteiger partial charge is 0.462 e. The van der Waals surface area contributed by atoms with Crippen LogP contribution in [0.15, 0.2) is 219 Å². The van der Waals surface area contributed by atoms with Gasteiger partial charge in [-0.15, -0.1) is 0 Å². The predicted molar refractivity (Wildman–Crippen MR) is 445 cm³/mol. The Hall–Kier alpha value is -6.62. The summed E-state index contributed by atoms with van der Waals surface area (Å²) in [6.45, 7) is 4.17. The second kappa shape index (κ2) is 78.5. The molecular weight excluding hydrogens is 1400 g/mol. The lowest BCUT2D eigenvalue weighted by molar-refractivity contribution is -0.161. The summed E-state index contributed by atoms with van der Waals surface area (Å²) in [4.78, 5) is 73.0. The number of aliphatic hydroxyl groups excluding tert-OH is 1. The Kier molecular flexibility index (Phi) is 73.7. The molecule has 0 aromatic heterocycles. The molecule has 19 heteroatoms. The van der Waals surface area contributed by atoms with E-state index in [9.17, 15) is 43.2 Å². The van der Waals surface area contributed by atoms with E-state index in [1.165, 1.54) is 0 Å². The summed E-state index contributed by atoms with van der Waals surface area (Å²) in [7, 11) is -10.0. The fourth-order valence-electron chi connectivity index (χ4n) is 9.52. The maximum atomic E-state index is 13.1. The summed E-state index contributed by atoms with van der Waals surface area (Å²) in [5, 5.41) is 10.6. The molecule has 0 aromatic rings. The lowest BCUT2D eigenvalue weighted by atomic mass is 10.1. The van der Waals surface area contributed by atoms with Crippen LogP contribution in [0.4, 0.5) is 0 Å². The van der Waals surface area contributed by atoms with Crippen LogP contribution in [-0.2, 0) is 65.4 Å². The van der Waals surface area contributed by atoms with Crippen molar-refractivity contribution in [2.75, 3.05) is 39.6 Å². The number of aliphatic hydroxyl groups is 1. The minimum atomic E-state index is -5.03. The molecule has 0 amide bonds. The Balaban J connectivity index is 5.56. The first kappa shape index (κ1) is 101. The molecule has 0 aliphatic carbocycles. The Bertz CT molecular complexity index is 2910. The van der Waals surface area contributed by atoms with Gasteiger partial charge >= 0.3 is 39.5 Å². The van der Waals surface area contributed by atoms with Crippen LogP contribution in [0.1, 0.15) is 259 Å². The number of carbonyl (C=O) groups is 4. The van der Waals surface area contributed by atoms with Crippen LogP contribution in [0.3, 0.4) is 0 Å². The minimum Gasteiger partial charge on any atom is -0.462 e. The number of phosphoric acid groups is 2. The van der Waals surface area contributed by atoms with E-state index in [4.69, 9.17) is 37.0 Å². The van der Waals surface area contributed by atoms with E-state index in [0.29, 0.717) is 44.9 Å². The van der Waals surface area contributed by atoms with Gasteiger partial charge in [-0.25, -0.2) is 9.13 Å². The number of ether oxygens (including phenoxy) is 4. The van der Waals surface area contributed by atoms with Gasteiger partial charge in [0.1, 0.15) is 19.3 Å². The van der Waals surface area contributed by atoms with Crippen molar-refractivity contribution in [2.45, 2.75) is 277 Å². The lowest BCUT2D eigenvalue weighted by Gasteiger charge is -2.21. The van der Waals surface area contributed by atoms with E-state index in [0.717, 1.165) is 161 Å². The van der Waals surface area contributed by atoms with Gasteiger partial charge in [0.05, 0.1) is 26.4 Å². The van der Waals surface area contributed by atoms with Crippen molar-refractivity contribution in [1.29, 1.82) is 0 Å². The molecule has 0 radical (unpaired) electrons. The van der Waals surface area contributed by atoms with Crippen molar-refractivity contribution in [3.8, 4) is 0 Å². The molecule has 0 saturated heterocycles. The van der Waals surface area contributed by atoms with Gasteiger partial charge in [0.25, 0.3) is 0 Å². The van der Waals surface area contributed by atoms with Crippen molar-refractivity contribution < 1.29 is 80.2 Å². The molecule has 0 rings (SSSR count). The van der Waals surface area contributed by atoms with Crippen LogP contribution < -0.4 is 0 Å². The number of unbranched alkanes of at least 4 members (excludes halogenated alkanes) is 10. The maximum Gasteiger partial charge on any atom is 0.472 e. The molecule has 3 N–H and O–H groups in total. The number of carbonyl (C=O) groups excluding carboxylic acids is 4. The summed E-state index contributed by atoms with van der Waals surface area (Å²) < 4.78 is 68.4. The third-order valence-corrected chi connectivity index (χ3v) is 17.3. The lowest BCUT2D eigenvalue weighted by Crippen LogP contribution is -2.30. The van der Waals surface area contributed by atoms with E-state index in [2.05, 4.69) is 216 Å². The number of rotatable bonds is 72. The third kappa shape index (κ3) is 77.5. The number of allylic oxidation sites excluding steroid dienone is 36. The first-order valence-electron chi connectivity index (χ1n) is 40.0. The number of hydrogen-bond acceptors (Lipinski definition) is 15. The average Bonchev–Trinajstić information content (AvgIpc) is 0.906. The summed E-state index contributed by atoms with van der Waals surface area (Å²) in [6.07, 6.45) is 99.5. The fraction of sp³-hybridized carbons (Fsp3) is 0.551. The predicted octanol–water partition coefficient (Wildman–Crippen LogP) is 23.7. The van der Waals surface area contributed by atoms with Gasteiger partial charge in [0.15, 0.2) is 12.2 Å². The average molecular weight is 1540 g/mol. The van der Waals surface area contributed by atoms with E-state index < -0.39 is 97.5 Å². The quantitative estimate of drug-likeness (QED) is 0.0169. The summed E-state index contributed by atoms with van der Waals surface area (Å²) in [5.74, 6) is -2.43. The zero-order valence-corrected chi connectivity index (χ0v) is 68.0. The van der Waals surface area contributed by atoms with E-state index in [-0.39, 0.29) is 25.7 Å². The first-order valence-corrected chi connectivity index (χ1v) is 43.0. The van der Waals surface area contributed by atoms with E-state index >= 15 is 0 Å². The van der Waals surface area contributed by atoms with Crippen LogP contribution in [0, 0.1) is 0 Å². The molecular formula is C89H138O17P2. The van der Waals surface area contributed by atoms with Crippen LogP contribution in [-0.4, -0.2) is 96.7 Å². The second-order valence-corrected chi connectivity index (χ2v) is 28.4. The summed E-state index contributed by atoms with van der Waals surface area (Å²) >= 11 is 0. The van der Waals surface area contributed by atoms with Crippen LogP contribution in [0.5, 0.6) is 0 Å². The summed E-state index contributed by atoms with van der Waals surface area (Å²) in [5.41, 5.74) is 0. The zero-order chi connectivity index (χ0) is 78.9. The highest BCUT2D eigenvalue weighted by Gasteiger charge is 2.30. The monoisotopic (exact) mass is 1540 g/mol. The fourth-order valence-corrected chi connectivity index (χ4v) is 11.1. The van der Waals surface area contributed by atoms with Crippen molar-refractivity contribution in [2.24, 2.45) is 0 Å². The molecule has 0 spiro atoms. The van der Waals surface area contributed by atoms with Crippen LogP contribution in [0.2, 0.25) is 0 Å². The standard InChI is InChI=1S/C89H138O17P2/c1-5-9-13-17-21-25-29-33-37-40-41-44-47-50-54-58-62-66-70-74-87(92)100-80-85(106-89(94)76-72-68-64-60-56-52-48-43-39-35-31-27-23-19-15-11-7-3)82-104-108(97,98)102-78-83(90)77-101-107(95,96)103-81-84(105-88(93)75-71-67-63-59-55-51-45-36-32-28-24-20-16-12-8-4)79-99-86(91)73-69-65-61-57-53-49-46-42-38-34-30-26-22-18-14-10-6-2/h9-16,21-28,33-39,41,44-45,48,50,52,54-55,59-60,62,64,66,83-85,90H,5-8,17-20,29-32,40,42-43,46-47,49,51,53,56-58,61,63,65,67-82H2,1-4H3,(H,95,96)(H,97,98)/b13-9-,14-10-,15-11-,16-12-,25-21-,26-22-,27-23-,28-24-,37-33-,38-34-,39-35-,44-41-,45-36-,52-48-,54-50-,59-55-,64-60-,66-62-. The molecule has 606 valence electrons. The molecule has 17 nitrogen and oxygen atoms in total. The molecule has 108 heavy (non-hydrogen) atoms. The number of hydrogen-bond donors (Lipinski definition) is 3. The SMILES string of the molecule is CC/C=C\C/C=C\C/C=C\C/C=C\C/C=C\C/C=C\CCC(=O)OCC(COP(=O)(O)OCC(O)COP(=O)(O)OCC(COC(=O)CCCCCCCCC/C=C\C/C=C\C/C=C\CC)OC(=O)CCCC/C=C\C/C=C\C/C=C\C/C=C\CC)OC(=O)CCC/C=C\C/C=C\C/C=C\C/C=C\C/C=C\CC. The minimum absolute atomic E-state index is 0.0104. The highest BCUT2D eigenvalue weighted by atomic mass is 31.2. The van der Waals surface area contributed by atoms with Gasteiger partial charge in [0.2, 0.25) is 0 Å². The molecule has 0 aromatic carbocycles. The number of phosphoric ester groups is 2. The van der Waals surface area contributed by atoms with Crippen molar-refractivity contribution in [3.63, 3.8) is 0 Å². The highest BCUT2D eigenvalue weighted by molar-refractivity contribution is 7.47. The van der Waals surface area contributed by atoms with Gasteiger partial charge in [-0.3, -0.25) is 37.3 Å². The molecule has 5 atom stereocenters. The Labute approximate surface area is 651 Å². The van der Waals surface area contributed by atoms with Crippen molar-refractivity contribution in [3.05, 3.63) is 219 Å². The Morgan fingerprint density at radius 1 is 0.259 bits per heavy atom. The molecule has 0 bridgehead atoms. The third-order valence-electron chi connectivity index (χ3n) is 15.4. The van der Waals surface area contributed by atoms with Crippen LogP contribution in [0.25, 0.3) is 0 Å². The Morgan fingerprint density at radius 3 is 0.806 bits per heavy atom. The van der Waals surface area contributed by atoms with E-state index in [1.807, 2.05) is 30.4 Å². The van der Waals surface area contributed by atoms with Crippen molar-refractivity contribution >= 4 is 39.5 Å². The first-order chi connectivity index (χ1) is 52.7. The molecule has 0 saturated carbocycles. The maximum absolute atomic E-state index is 13.1. The second-order valence-electron chi connectivity index (χ2n) is 25.5. The van der Waals surface area contributed by atoms with Gasteiger partial charge in [0, 0.05) is 25.7 Å². The zero-order valence-electron chi connectivity index (χ0n) is 66.2. The summed E-state index contributed by atoms with van der Waals surface area (Å²) in [6, 6.07) is 0. The topological polar surface area (TPSA) is 237 Å². The molecule has 5 unspecified atom stereocenters. The Morgan fingerprint density at radius 2 is 0.481 bits per heavy atom.